The van der Waals surface area contributed by atoms with Crippen molar-refractivity contribution in [1.29, 1.82) is 0 Å². The van der Waals surface area contributed by atoms with E-state index in [0.29, 0.717) is 10.8 Å². The molecular formula is C13H11ClF5N. The molecule has 2 N–H and O–H groups in total. The third-order valence-corrected chi connectivity index (χ3v) is 2.93. The first-order valence-electron chi connectivity index (χ1n) is 5.43. The minimum absolute atomic E-state index is 0. The van der Waals surface area contributed by atoms with Crippen molar-refractivity contribution < 1.29 is 22.0 Å². The number of halogens is 6. The third-order valence-electron chi connectivity index (χ3n) is 2.93. The Hall–Kier alpha value is -1.40. The van der Waals surface area contributed by atoms with Gasteiger partial charge in [-0.1, -0.05) is 42.5 Å². The molecule has 0 aromatic heterocycles. The molecule has 0 heterocycles. The Morgan fingerprint density at radius 1 is 0.850 bits per heavy atom. The summed E-state index contributed by atoms with van der Waals surface area (Å²) in [6.45, 7) is 0. The average Bonchev–Trinajstić information content (AvgIpc) is 2.36. The van der Waals surface area contributed by atoms with E-state index in [-0.39, 0.29) is 18.0 Å². The predicted molar refractivity (Wildman–Crippen MR) is 69.1 cm³/mol. The predicted octanol–water partition coefficient (Wildman–Crippen LogP) is 4.46. The van der Waals surface area contributed by atoms with Crippen molar-refractivity contribution >= 4 is 23.2 Å². The van der Waals surface area contributed by atoms with E-state index in [9.17, 15) is 22.0 Å². The third kappa shape index (κ3) is 2.71. The van der Waals surface area contributed by atoms with Gasteiger partial charge < -0.3 is 5.73 Å². The van der Waals surface area contributed by atoms with Crippen molar-refractivity contribution in [3.63, 3.8) is 0 Å². The molecule has 0 amide bonds. The van der Waals surface area contributed by atoms with Crippen LogP contribution in [0.5, 0.6) is 0 Å². The molecule has 2 rings (SSSR count). The van der Waals surface area contributed by atoms with Gasteiger partial charge in [0, 0.05) is 0 Å². The topological polar surface area (TPSA) is 26.0 Å². The maximum Gasteiger partial charge on any atom is 0.455 e. The standard InChI is InChI=1S/C13H10F5N.ClH/c14-12(15,13(16,17)18)11(19)10-7-3-5-8-4-1-2-6-9(8)10;/h1-7,11H,19H2;1H/t11-;/m0./s1. The van der Waals surface area contributed by atoms with E-state index in [1.54, 1.807) is 24.3 Å². The lowest BCUT2D eigenvalue weighted by Crippen LogP contribution is -2.45. The van der Waals surface area contributed by atoms with Crippen LogP contribution >= 0.6 is 12.4 Å². The molecule has 0 bridgehead atoms. The number of nitrogens with two attached hydrogens (primary N) is 1. The largest absolute Gasteiger partial charge is 0.455 e. The van der Waals surface area contributed by atoms with Crippen LogP contribution in [0, 0.1) is 0 Å². The Bertz CT molecular complexity index is 591. The van der Waals surface area contributed by atoms with Crippen LogP contribution in [0.1, 0.15) is 11.6 Å². The van der Waals surface area contributed by atoms with Crippen molar-refractivity contribution in [2.45, 2.75) is 18.1 Å². The molecule has 0 aliphatic rings. The summed E-state index contributed by atoms with van der Waals surface area (Å²) in [5.41, 5.74) is 4.93. The highest BCUT2D eigenvalue weighted by atomic mass is 35.5. The quantitative estimate of drug-likeness (QED) is 0.814. The summed E-state index contributed by atoms with van der Waals surface area (Å²) in [4.78, 5) is 0. The number of rotatable bonds is 2. The van der Waals surface area contributed by atoms with Crippen LogP contribution < -0.4 is 5.73 Å². The van der Waals surface area contributed by atoms with Crippen LogP contribution in [0.3, 0.4) is 0 Å². The highest BCUT2D eigenvalue weighted by Gasteiger charge is 2.61. The van der Waals surface area contributed by atoms with E-state index in [1.807, 2.05) is 0 Å². The van der Waals surface area contributed by atoms with E-state index < -0.39 is 18.1 Å². The van der Waals surface area contributed by atoms with Crippen LogP contribution in [0.25, 0.3) is 10.8 Å². The molecule has 110 valence electrons. The Morgan fingerprint density at radius 3 is 2.00 bits per heavy atom. The number of alkyl halides is 5. The molecule has 0 saturated carbocycles. The van der Waals surface area contributed by atoms with Gasteiger partial charge in [0.05, 0.1) is 0 Å². The first kappa shape index (κ1) is 16.7. The molecule has 20 heavy (non-hydrogen) atoms. The normalized spacial score (nSPS) is 13.9. The van der Waals surface area contributed by atoms with Gasteiger partial charge in [-0.2, -0.15) is 22.0 Å². The molecule has 0 spiro atoms. The maximum atomic E-state index is 13.3. The minimum atomic E-state index is -5.68. The fraction of sp³-hybridized carbons (Fsp3) is 0.231. The van der Waals surface area contributed by atoms with Crippen molar-refractivity contribution in [3.8, 4) is 0 Å². The van der Waals surface area contributed by atoms with Crippen molar-refractivity contribution in [1.82, 2.24) is 0 Å². The average molecular weight is 312 g/mol. The maximum absolute atomic E-state index is 13.3. The van der Waals surface area contributed by atoms with Crippen LogP contribution in [0.4, 0.5) is 22.0 Å². The van der Waals surface area contributed by atoms with E-state index in [1.165, 1.54) is 18.2 Å². The lowest BCUT2D eigenvalue weighted by atomic mass is 9.95. The summed E-state index contributed by atoms with van der Waals surface area (Å²) in [6, 6.07) is 8.10. The fourth-order valence-electron chi connectivity index (χ4n) is 1.89. The number of fused-ring (bicyclic) bond motifs is 1. The van der Waals surface area contributed by atoms with Crippen molar-refractivity contribution in [3.05, 3.63) is 48.0 Å². The van der Waals surface area contributed by atoms with Crippen LogP contribution in [0.15, 0.2) is 42.5 Å². The minimum Gasteiger partial charge on any atom is -0.319 e. The molecule has 7 heteroatoms. The Balaban J connectivity index is 0.00000200. The monoisotopic (exact) mass is 311 g/mol. The summed E-state index contributed by atoms with van der Waals surface area (Å²) in [5, 5.41) is 0.856. The Labute approximate surface area is 118 Å². The van der Waals surface area contributed by atoms with E-state index in [4.69, 9.17) is 5.73 Å². The molecule has 1 nitrogen and oxygen atoms in total. The summed E-state index contributed by atoms with van der Waals surface area (Å²) >= 11 is 0. The summed E-state index contributed by atoms with van der Waals surface area (Å²) in [5.74, 6) is -4.98. The summed E-state index contributed by atoms with van der Waals surface area (Å²) in [7, 11) is 0. The SMILES string of the molecule is Cl.N[C@@H](c1cccc2ccccc12)C(F)(F)C(F)(F)F. The van der Waals surface area contributed by atoms with Crippen LogP contribution in [-0.2, 0) is 0 Å². The van der Waals surface area contributed by atoms with Gasteiger partial charge in [-0.15, -0.1) is 12.4 Å². The fourth-order valence-corrected chi connectivity index (χ4v) is 1.89. The highest BCUT2D eigenvalue weighted by molar-refractivity contribution is 5.86. The van der Waals surface area contributed by atoms with E-state index >= 15 is 0 Å². The number of hydrogen-bond acceptors (Lipinski definition) is 1. The molecule has 2 aromatic rings. The molecule has 0 aliphatic carbocycles. The first-order valence-corrected chi connectivity index (χ1v) is 5.43. The molecule has 0 unspecified atom stereocenters. The van der Waals surface area contributed by atoms with Gasteiger partial charge in [0.25, 0.3) is 0 Å². The molecule has 0 aliphatic heterocycles. The second-order valence-corrected chi connectivity index (χ2v) is 4.17. The highest BCUT2D eigenvalue weighted by Crippen LogP contribution is 2.44. The van der Waals surface area contributed by atoms with Gasteiger partial charge in [-0.3, -0.25) is 0 Å². The molecule has 0 radical (unpaired) electrons. The molecule has 0 fully saturated rings. The lowest BCUT2D eigenvalue weighted by Gasteiger charge is -2.26. The summed E-state index contributed by atoms with van der Waals surface area (Å²) < 4.78 is 63.6. The van der Waals surface area contributed by atoms with Gasteiger partial charge in [-0.05, 0) is 16.3 Å². The smallest absolute Gasteiger partial charge is 0.319 e. The van der Waals surface area contributed by atoms with E-state index in [0.717, 1.165) is 0 Å². The van der Waals surface area contributed by atoms with Gasteiger partial charge in [0.15, 0.2) is 0 Å². The molecular weight excluding hydrogens is 301 g/mol. The molecule has 2 aromatic carbocycles. The van der Waals surface area contributed by atoms with Gasteiger partial charge in [-0.25, -0.2) is 0 Å². The Kier molecular flexibility index (Phi) is 4.61. The van der Waals surface area contributed by atoms with Gasteiger partial charge in [0.1, 0.15) is 6.04 Å². The number of benzene rings is 2. The van der Waals surface area contributed by atoms with Crippen LogP contribution in [-0.4, -0.2) is 12.1 Å². The Morgan fingerprint density at radius 2 is 1.40 bits per heavy atom. The van der Waals surface area contributed by atoms with Gasteiger partial charge in [0.2, 0.25) is 0 Å². The van der Waals surface area contributed by atoms with Crippen LogP contribution in [0.2, 0.25) is 0 Å². The molecule has 0 saturated heterocycles. The molecule has 1 atom stereocenters. The zero-order chi connectivity index (χ0) is 14.3. The first-order chi connectivity index (χ1) is 8.75. The lowest BCUT2D eigenvalue weighted by molar-refractivity contribution is -0.290. The van der Waals surface area contributed by atoms with Crippen molar-refractivity contribution in [2.75, 3.05) is 0 Å². The second kappa shape index (κ2) is 5.54. The van der Waals surface area contributed by atoms with Gasteiger partial charge >= 0.3 is 12.1 Å². The second-order valence-electron chi connectivity index (χ2n) is 4.17. The van der Waals surface area contributed by atoms with E-state index in [2.05, 4.69) is 0 Å². The number of hydrogen-bond donors (Lipinski definition) is 1. The zero-order valence-corrected chi connectivity index (χ0v) is 10.8. The van der Waals surface area contributed by atoms with Crippen molar-refractivity contribution in [2.24, 2.45) is 5.73 Å². The summed E-state index contributed by atoms with van der Waals surface area (Å²) in [6.07, 6.45) is -5.68. The zero-order valence-electron chi connectivity index (χ0n) is 9.99.